The summed E-state index contributed by atoms with van der Waals surface area (Å²) in [4.78, 5) is 13.7. The second-order valence-electron chi connectivity index (χ2n) is 2.58. The van der Waals surface area contributed by atoms with Crippen LogP contribution in [-0.2, 0) is 0 Å². The Morgan fingerprint density at radius 3 is 2.67 bits per heavy atom. The van der Waals surface area contributed by atoms with Crippen LogP contribution >= 0.6 is 0 Å². The first-order valence-corrected chi connectivity index (χ1v) is 3.69. The smallest absolute Gasteiger partial charge is 0.354 e. The number of hydrogen-bond donors (Lipinski definition) is 2. The summed E-state index contributed by atoms with van der Waals surface area (Å²) in [6.45, 7) is 0. The number of nitrogens with two attached hydrogens (primary N) is 1. The molecule has 0 aromatic carbocycles. The molecule has 15 heavy (non-hydrogen) atoms. The second-order valence-corrected chi connectivity index (χ2v) is 2.58. The molecule has 0 aliphatic carbocycles. The number of nitriles is 1. The van der Waals surface area contributed by atoms with E-state index in [1.807, 2.05) is 0 Å². The van der Waals surface area contributed by atoms with E-state index >= 15 is 0 Å². The molecular weight excluding hydrogens is 208 g/mol. The Morgan fingerprint density at radius 2 is 2.27 bits per heavy atom. The highest BCUT2D eigenvalue weighted by molar-refractivity contribution is 5.87. The van der Waals surface area contributed by atoms with Crippen LogP contribution in [0.3, 0.4) is 0 Å². The van der Waals surface area contributed by atoms with Crippen LogP contribution in [0.25, 0.3) is 0 Å². The maximum absolute atomic E-state index is 12.4. The SMILES string of the molecule is N#Cc1nc(C(=O)O)cc(N)c1C(F)F. The predicted molar refractivity (Wildman–Crippen MR) is 45.3 cm³/mol. The molecule has 0 radical (unpaired) electrons. The summed E-state index contributed by atoms with van der Waals surface area (Å²) in [5.41, 5.74) is 2.82. The summed E-state index contributed by atoms with van der Waals surface area (Å²) in [5.74, 6) is -1.43. The molecular formula is C8H5F2N3O2. The summed E-state index contributed by atoms with van der Waals surface area (Å²) in [7, 11) is 0. The average Bonchev–Trinajstić information content (AvgIpc) is 2.15. The molecule has 0 unspecified atom stereocenters. The summed E-state index contributed by atoms with van der Waals surface area (Å²) in [6.07, 6.45) is -2.96. The topological polar surface area (TPSA) is 100 Å². The number of carboxylic acid groups (broad SMARTS) is 1. The van der Waals surface area contributed by atoms with E-state index in [9.17, 15) is 13.6 Å². The average molecular weight is 213 g/mol. The number of aromatic nitrogens is 1. The van der Waals surface area contributed by atoms with Crippen molar-refractivity contribution in [2.45, 2.75) is 6.43 Å². The number of carbonyl (C=O) groups is 1. The molecule has 0 amide bonds. The van der Waals surface area contributed by atoms with Crippen LogP contribution in [0, 0.1) is 11.3 Å². The Morgan fingerprint density at radius 1 is 1.67 bits per heavy atom. The predicted octanol–water partition coefficient (Wildman–Crippen LogP) is 1.17. The Hall–Kier alpha value is -2.23. The van der Waals surface area contributed by atoms with Crippen LogP contribution in [0.15, 0.2) is 6.07 Å². The molecule has 1 heterocycles. The Bertz CT molecular complexity index is 454. The lowest BCUT2D eigenvalue weighted by Crippen LogP contribution is -2.08. The van der Waals surface area contributed by atoms with Crippen LogP contribution in [0.2, 0.25) is 0 Å². The van der Waals surface area contributed by atoms with Crippen molar-refractivity contribution in [1.82, 2.24) is 4.98 Å². The van der Waals surface area contributed by atoms with Crippen molar-refractivity contribution < 1.29 is 18.7 Å². The fourth-order valence-electron chi connectivity index (χ4n) is 0.999. The summed E-state index contributed by atoms with van der Waals surface area (Å²) in [6, 6.07) is 2.17. The van der Waals surface area contributed by atoms with Crippen LogP contribution in [0.1, 0.15) is 28.2 Å². The monoisotopic (exact) mass is 213 g/mol. The molecule has 1 rings (SSSR count). The first kappa shape index (κ1) is 10.8. The molecule has 7 heteroatoms. The minimum Gasteiger partial charge on any atom is -0.477 e. The largest absolute Gasteiger partial charge is 0.477 e. The number of nitrogens with zero attached hydrogens (tertiary/aromatic N) is 2. The lowest BCUT2D eigenvalue weighted by Gasteiger charge is -2.06. The van der Waals surface area contributed by atoms with Gasteiger partial charge < -0.3 is 10.8 Å². The van der Waals surface area contributed by atoms with Gasteiger partial charge >= 0.3 is 5.97 Å². The third-order valence-electron chi connectivity index (χ3n) is 1.63. The Balaban J connectivity index is 3.46. The van der Waals surface area contributed by atoms with Gasteiger partial charge in [0.05, 0.1) is 5.56 Å². The van der Waals surface area contributed by atoms with Gasteiger partial charge in [0.15, 0.2) is 11.4 Å². The van der Waals surface area contributed by atoms with E-state index in [-0.39, 0.29) is 0 Å². The lowest BCUT2D eigenvalue weighted by atomic mass is 10.1. The van der Waals surface area contributed by atoms with Crippen molar-refractivity contribution in [2.75, 3.05) is 5.73 Å². The molecule has 0 saturated carbocycles. The van der Waals surface area contributed by atoms with Gasteiger partial charge in [-0.1, -0.05) is 0 Å². The Kier molecular flexibility index (Phi) is 2.80. The molecule has 3 N–H and O–H groups in total. The maximum atomic E-state index is 12.4. The highest BCUT2D eigenvalue weighted by atomic mass is 19.3. The Labute approximate surface area is 82.8 Å². The number of halogens is 2. The molecule has 0 fully saturated rings. The molecule has 1 aromatic rings. The van der Waals surface area contributed by atoms with Gasteiger partial charge in [-0.25, -0.2) is 18.6 Å². The normalized spacial score (nSPS) is 10.0. The molecule has 0 saturated heterocycles. The number of nitrogen functional groups attached to an aromatic ring is 1. The molecule has 0 atom stereocenters. The molecule has 0 aliphatic heterocycles. The number of hydrogen-bond acceptors (Lipinski definition) is 4. The fraction of sp³-hybridized carbons (Fsp3) is 0.125. The van der Waals surface area contributed by atoms with E-state index in [0.717, 1.165) is 6.07 Å². The van der Waals surface area contributed by atoms with Gasteiger partial charge in [0.25, 0.3) is 6.43 Å². The lowest BCUT2D eigenvalue weighted by molar-refractivity contribution is 0.0689. The fourth-order valence-corrected chi connectivity index (χ4v) is 0.999. The number of anilines is 1. The molecule has 1 aromatic heterocycles. The molecule has 0 spiro atoms. The number of rotatable bonds is 2. The van der Waals surface area contributed by atoms with E-state index in [0.29, 0.717) is 0 Å². The van der Waals surface area contributed by atoms with Gasteiger partial charge in [-0.3, -0.25) is 0 Å². The van der Waals surface area contributed by atoms with Crippen LogP contribution < -0.4 is 5.73 Å². The van der Waals surface area contributed by atoms with Crippen LogP contribution in [0.4, 0.5) is 14.5 Å². The molecule has 5 nitrogen and oxygen atoms in total. The number of aromatic carboxylic acids is 1. The van der Waals surface area contributed by atoms with E-state index in [4.69, 9.17) is 16.1 Å². The van der Waals surface area contributed by atoms with E-state index < -0.39 is 35.0 Å². The van der Waals surface area contributed by atoms with E-state index in [1.165, 1.54) is 6.07 Å². The van der Waals surface area contributed by atoms with Gasteiger partial charge in [-0.2, -0.15) is 5.26 Å². The van der Waals surface area contributed by atoms with Gasteiger partial charge in [0.2, 0.25) is 0 Å². The number of carboxylic acids is 1. The third kappa shape index (κ3) is 1.99. The highest BCUT2D eigenvalue weighted by Crippen LogP contribution is 2.27. The first-order chi connectivity index (χ1) is 6.97. The zero-order chi connectivity index (χ0) is 11.6. The molecule has 0 bridgehead atoms. The van der Waals surface area contributed by atoms with Gasteiger partial charge in [-0.15, -0.1) is 0 Å². The van der Waals surface area contributed by atoms with Crippen molar-refractivity contribution in [3.05, 3.63) is 23.0 Å². The van der Waals surface area contributed by atoms with Crippen LogP contribution in [-0.4, -0.2) is 16.1 Å². The van der Waals surface area contributed by atoms with Gasteiger partial charge in [0.1, 0.15) is 6.07 Å². The first-order valence-electron chi connectivity index (χ1n) is 3.69. The maximum Gasteiger partial charge on any atom is 0.354 e. The summed E-state index contributed by atoms with van der Waals surface area (Å²) >= 11 is 0. The van der Waals surface area contributed by atoms with E-state index in [2.05, 4.69) is 4.98 Å². The van der Waals surface area contributed by atoms with Crippen molar-refractivity contribution in [1.29, 1.82) is 5.26 Å². The molecule has 78 valence electrons. The number of pyridine rings is 1. The van der Waals surface area contributed by atoms with Crippen molar-refractivity contribution in [2.24, 2.45) is 0 Å². The zero-order valence-electron chi connectivity index (χ0n) is 7.24. The standard InChI is InChI=1S/C8H5F2N3O2/c9-7(10)6-3(12)1-4(8(14)15)13-5(6)2-11/h1,7H,(H2,12,13)(H,14,15). The van der Waals surface area contributed by atoms with Crippen LogP contribution in [0.5, 0.6) is 0 Å². The van der Waals surface area contributed by atoms with Gasteiger partial charge in [-0.05, 0) is 6.07 Å². The summed E-state index contributed by atoms with van der Waals surface area (Å²) < 4.78 is 24.8. The summed E-state index contributed by atoms with van der Waals surface area (Å²) in [5, 5.41) is 17.0. The minimum atomic E-state index is -2.96. The van der Waals surface area contributed by atoms with Gasteiger partial charge in [0, 0.05) is 5.69 Å². The van der Waals surface area contributed by atoms with E-state index in [1.54, 1.807) is 0 Å². The van der Waals surface area contributed by atoms with Crippen molar-refractivity contribution in [3.8, 4) is 6.07 Å². The molecule has 0 aliphatic rings. The zero-order valence-corrected chi connectivity index (χ0v) is 7.24. The second kappa shape index (κ2) is 3.88. The number of alkyl halides is 2. The van der Waals surface area contributed by atoms with Crippen molar-refractivity contribution in [3.63, 3.8) is 0 Å². The quantitative estimate of drug-likeness (QED) is 0.767. The van der Waals surface area contributed by atoms with Crippen molar-refractivity contribution >= 4 is 11.7 Å². The third-order valence-corrected chi connectivity index (χ3v) is 1.63. The minimum absolute atomic E-state index is 0.450. The highest BCUT2D eigenvalue weighted by Gasteiger charge is 2.20.